The maximum atomic E-state index is 9.78. The van der Waals surface area contributed by atoms with Gasteiger partial charge in [-0.1, -0.05) is 0 Å². The highest BCUT2D eigenvalue weighted by Crippen LogP contribution is 2.24. The smallest absolute Gasteiger partial charge is 0.186 e. The van der Waals surface area contributed by atoms with Crippen LogP contribution in [0.3, 0.4) is 0 Å². The molecular formula is C12H24O12. The van der Waals surface area contributed by atoms with E-state index in [0.717, 1.165) is 0 Å². The van der Waals surface area contributed by atoms with E-state index in [1.807, 2.05) is 0 Å². The maximum Gasteiger partial charge on any atom is 0.186 e. The first kappa shape index (κ1) is 21.6. The molecule has 0 bridgehead atoms. The topological polar surface area (TPSA) is 221 Å². The van der Waals surface area contributed by atoms with Crippen molar-refractivity contribution in [2.75, 3.05) is 13.2 Å². The average Bonchev–Trinajstić information content (AvgIpc) is 2.54. The molecule has 24 heavy (non-hydrogen) atoms. The van der Waals surface area contributed by atoms with Gasteiger partial charge in [0.1, 0.15) is 48.8 Å². The number of aliphatic hydroxyl groups is 8. The van der Waals surface area contributed by atoms with Crippen LogP contribution < -0.4 is 0 Å². The van der Waals surface area contributed by atoms with Gasteiger partial charge in [0.15, 0.2) is 12.6 Å². The lowest BCUT2D eigenvalue weighted by atomic mass is 9.98. The molecular weight excluding hydrogens is 336 g/mol. The molecule has 0 saturated carbocycles. The van der Waals surface area contributed by atoms with Gasteiger partial charge in [0, 0.05) is 0 Å². The summed E-state index contributed by atoms with van der Waals surface area (Å²) in [7, 11) is 0. The SMILES string of the molecule is O.OCC1OC(OCC2OC(O)C(O)C(O)C2O)C(O)C(O)C1O. The van der Waals surface area contributed by atoms with E-state index < -0.39 is 74.6 Å². The Hall–Kier alpha value is -0.480. The molecule has 144 valence electrons. The maximum absolute atomic E-state index is 9.78. The predicted molar refractivity (Wildman–Crippen MR) is 72.2 cm³/mol. The minimum atomic E-state index is -1.74. The Morgan fingerprint density at radius 1 is 0.667 bits per heavy atom. The number of hydrogen-bond donors (Lipinski definition) is 8. The number of ether oxygens (including phenoxy) is 3. The summed E-state index contributed by atoms with van der Waals surface area (Å²) in [5.41, 5.74) is 0. The van der Waals surface area contributed by atoms with Crippen molar-refractivity contribution in [2.45, 2.75) is 61.4 Å². The lowest BCUT2D eigenvalue weighted by molar-refractivity contribution is -0.325. The van der Waals surface area contributed by atoms with Crippen molar-refractivity contribution in [1.82, 2.24) is 0 Å². The van der Waals surface area contributed by atoms with Crippen molar-refractivity contribution in [3.8, 4) is 0 Å². The van der Waals surface area contributed by atoms with Crippen molar-refractivity contribution in [2.24, 2.45) is 0 Å². The Morgan fingerprint density at radius 3 is 1.79 bits per heavy atom. The van der Waals surface area contributed by atoms with Gasteiger partial charge in [-0.25, -0.2) is 0 Å². The second-order valence-electron chi connectivity index (χ2n) is 5.57. The molecule has 10 N–H and O–H groups in total. The molecule has 2 aliphatic rings. The molecule has 0 aliphatic carbocycles. The minimum Gasteiger partial charge on any atom is -0.412 e. The first-order valence-electron chi connectivity index (χ1n) is 7.07. The van der Waals surface area contributed by atoms with Crippen molar-refractivity contribution in [1.29, 1.82) is 0 Å². The molecule has 2 rings (SSSR count). The van der Waals surface area contributed by atoms with Crippen molar-refractivity contribution >= 4 is 0 Å². The second kappa shape index (κ2) is 8.75. The molecule has 2 aliphatic heterocycles. The zero-order valence-corrected chi connectivity index (χ0v) is 12.5. The molecule has 0 spiro atoms. The highest BCUT2D eigenvalue weighted by Gasteiger charge is 2.46. The molecule has 2 fully saturated rings. The Kier molecular flexibility index (Phi) is 7.86. The van der Waals surface area contributed by atoms with E-state index in [1.54, 1.807) is 0 Å². The van der Waals surface area contributed by atoms with Crippen LogP contribution in [0.2, 0.25) is 0 Å². The lowest BCUT2D eigenvalue weighted by Crippen LogP contribution is -2.61. The van der Waals surface area contributed by atoms with Crippen molar-refractivity contribution < 1.29 is 60.5 Å². The van der Waals surface area contributed by atoms with E-state index in [-0.39, 0.29) is 5.48 Å². The summed E-state index contributed by atoms with van der Waals surface area (Å²) in [6.45, 7) is -1.10. The third-order valence-corrected chi connectivity index (χ3v) is 3.96. The van der Waals surface area contributed by atoms with Crippen LogP contribution >= 0.6 is 0 Å². The quantitative estimate of drug-likeness (QED) is 0.235. The summed E-state index contributed by atoms with van der Waals surface area (Å²) in [5, 5.41) is 76.1. The van der Waals surface area contributed by atoms with Crippen LogP contribution in [0.5, 0.6) is 0 Å². The van der Waals surface area contributed by atoms with E-state index in [1.165, 1.54) is 0 Å². The molecule has 10 atom stereocenters. The summed E-state index contributed by atoms with van der Waals surface area (Å²) in [4.78, 5) is 0. The van der Waals surface area contributed by atoms with Crippen molar-refractivity contribution in [3.05, 3.63) is 0 Å². The standard InChI is InChI=1S/C12H22O11.H2O/c13-1-3-5(14)8(17)10(19)12(23-3)21-2-4-6(15)7(16)9(18)11(20)22-4;/h3-20H,1-2H2;1H2. The van der Waals surface area contributed by atoms with E-state index >= 15 is 0 Å². The van der Waals surface area contributed by atoms with Gasteiger partial charge in [0.05, 0.1) is 13.2 Å². The summed E-state index contributed by atoms with van der Waals surface area (Å²) < 4.78 is 15.1. The van der Waals surface area contributed by atoms with E-state index in [4.69, 9.17) is 19.3 Å². The highest BCUT2D eigenvalue weighted by atomic mass is 16.7. The molecule has 2 heterocycles. The summed E-state index contributed by atoms with van der Waals surface area (Å²) in [6, 6.07) is 0. The van der Waals surface area contributed by atoms with Crippen LogP contribution in [0.15, 0.2) is 0 Å². The monoisotopic (exact) mass is 360 g/mol. The Morgan fingerprint density at radius 2 is 1.21 bits per heavy atom. The van der Waals surface area contributed by atoms with Crippen LogP contribution in [0.4, 0.5) is 0 Å². The van der Waals surface area contributed by atoms with E-state index in [9.17, 15) is 35.7 Å². The van der Waals surface area contributed by atoms with E-state index in [2.05, 4.69) is 0 Å². The number of aliphatic hydroxyl groups excluding tert-OH is 8. The predicted octanol–water partition coefficient (Wildman–Crippen LogP) is -6.22. The summed E-state index contributed by atoms with van der Waals surface area (Å²) in [5.74, 6) is 0. The average molecular weight is 360 g/mol. The first-order chi connectivity index (χ1) is 10.8. The Bertz CT molecular complexity index is 381. The van der Waals surface area contributed by atoms with Gasteiger partial charge in [-0.2, -0.15) is 0 Å². The molecule has 10 unspecified atom stereocenters. The molecule has 0 radical (unpaired) electrons. The van der Waals surface area contributed by atoms with Crippen LogP contribution in [0.1, 0.15) is 0 Å². The van der Waals surface area contributed by atoms with Crippen LogP contribution in [-0.4, -0.2) is 121 Å². The first-order valence-corrected chi connectivity index (χ1v) is 7.07. The summed E-state index contributed by atoms with van der Waals surface area (Å²) >= 11 is 0. The molecule has 2 saturated heterocycles. The van der Waals surface area contributed by atoms with Crippen LogP contribution in [0.25, 0.3) is 0 Å². The molecule has 0 aromatic rings. The molecule has 12 nitrogen and oxygen atoms in total. The molecule has 0 aromatic heterocycles. The van der Waals surface area contributed by atoms with Crippen molar-refractivity contribution in [3.63, 3.8) is 0 Å². The largest absolute Gasteiger partial charge is 0.412 e. The van der Waals surface area contributed by atoms with Gasteiger partial charge in [-0.15, -0.1) is 0 Å². The van der Waals surface area contributed by atoms with Gasteiger partial charge in [0.25, 0.3) is 0 Å². The fourth-order valence-electron chi connectivity index (χ4n) is 2.46. The summed E-state index contributed by atoms with van der Waals surface area (Å²) in [6.07, 6.45) is -15.3. The van der Waals surface area contributed by atoms with Crippen LogP contribution in [0, 0.1) is 0 Å². The highest BCUT2D eigenvalue weighted by molar-refractivity contribution is 4.91. The third-order valence-electron chi connectivity index (χ3n) is 3.96. The second-order valence-corrected chi connectivity index (χ2v) is 5.57. The fraction of sp³-hybridized carbons (Fsp3) is 1.00. The van der Waals surface area contributed by atoms with Gasteiger partial charge < -0.3 is 60.5 Å². The van der Waals surface area contributed by atoms with Gasteiger partial charge in [0.2, 0.25) is 0 Å². The van der Waals surface area contributed by atoms with Gasteiger partial charge in [-0.05, 0) is 0 Å². The van der Waals surface area contributed by atoms with Crippen LogP contribution in [-0.2, 0) is 14.2 Å². The number of hydrogen-bond acceptors (Lipinski definition) is 11. The third kappa shape index (κ3) is 4.19. The zero-order chi connectivity index (χ0) is 17.3. The van der Waals surface area contributed by atoms with Gasteiger partial charge >= 0.3 is 0 Å². The Balaban J connectivity index is 0.00000288. The molecule has 12 heteroatoms. The normalized spacial score (nSPS) is 49.5. The fourth-order valence-corrected chi connectivity index (χ4v) is 2.46. The Labute approximate surface area is 136 Å². The molecule has 0 amide bonds. The number of rotatable bonds is 4. The molecule has 0 aromatic carbocycles. The van der Waals surface area contributed by atoms with Gasteiger partial charge in [-0.3, -0.25) is 0 Å². The lowest BCUT2D eigenvalue weighted by Gasteiger charge is -2.41. The minimum absolute atomic E-state index is 0. The van der Waals surface area contributed by atoms with E-state index in [0.29, 0.717) is 0 Å². The zero-order valence-electron chi connectivity index (χ0n) is 12.5.